The molecule has 1 unspecified atom stereocenters. The van der Waals surface area contributed by atoms with Crippen molar-refractivity contribution >= 4 is 5.91 Å². The van der Waals surface area contributed by atoms with Gasteiger partial charge in [-0.3, -0.25) is 4.79 Å². The fourth-order valence-corrected chi connectivity index (χ4v) is 1.89. The molecule has 0 aliphatic carbocycles. The number of hydrogen-bond acceptors (Lipinski definition) is 5. The third-order valence-electron chi connectivity index (χ3n) is 2.88. The molecule has 2 rings (SSSR count). The Morgan fingerprint density at radius 1 is 1.67 bits per heavy atom. The molecule has 0 bridgehead atoms. The highest BCUT2D eigenvalue weighted by atomic mass is 19.3. The number of hydrogen-bond donors (Lipinski definition) is 0. The van der Waals surface area contributed by atoms with E-state index in [0.29, 0.717) is 13.2 Å². The Labute approximate surface area is 119 Å². The maximum atomic E-state index is 12.3. The second-order valence-electron chi connectivity index (χ2n) is 4.30. The summed E-state index contributed by atoms with van der Waals surface area (Å²) in [5.74, 6) is -0.433. The van der Waals surface area contributed by atoms with E-state index >= 15 is 0 Å². The highest BCUT2D eigenvalue weighted by Gasteiger charge is 2.28. The lowest BCUT2D eigenvalue weighted by Crippen LogP contribution is -2.47. The zero-order valence-electron chi connectivity index (χ0n) is 11.0. The predicted octanol–water partition coefficient (Wildman–Crippen LogP) is 1.09. The van der Waals surface area contributed by atoms with Crippen LogP contribution in [0.5, 0.6) is 5.88 Å². The molecule has 112 valence electrons. The highest BCUT2D eigenvalue weighted by Crippen LogP contribution is 2.16. The summed E-state index contributed by atoms with van der Waals surface area (Å²) in [6.45, 7) is 0.0153. The fourth-order valence-electron chi connectivity index (χ4n) is 1.89. The van der Waals surface area contributed by atoms with Crippen LogP contribution in [0.4, 0.5) is 8.78 Å². The lowest BCUT2D eigenvalue weighted by atomic mass is 10.2. The molecule has 0 spiro atoms. The number of carbonyl (C=O) groups is 1. The van der Waals surface area contributed by atoms with Crippen molar-refractivity contribution in [3.63, 3.8) is 0 Å². The summed E-state index contributed by atoms with van der Waals surface area (Å²) in [6, 6.07) is 4.06. The molecule has 1 aromatic heterocycles. The standard InChI is InChI=1S/C13H13F2N3O3/c14-11(15)8-21-12-5-9(1-2-17-12)13(19)18-3-4-20-7-10(18)6-16/h1-2,5,10-11H,3-4,7-8H2. The molecule has 1 fully saturated rings. The SMILES string of the molecule is N#CC1COCCN1C(=O)c1ccnc(OCC(F)F)c1. The fraction of sp³-hybridized carbons (Fsp3) is 0.462. The first-order valence-electron chi connectivity index (χ1n) is 6.27. The van der Waals surface area contributed by atoms with Crippen molar-refractivity contribution in [1.29, 1.82) is 5.26 Å². The van der Waals surface area contributed by atoms with Gasteiger partial charge in [0.15, 0.2) is 6.61 Å². The first kappa shape index (κ1) is 15.1. The van der Waals surface area contributed by atoms with Crippen LogP contribution in [0.3, 0.4) is 0 Å². The summed E-state index contributed by atoms with van der Waals surface area (Å²) in [5, 5.41) is 9.01. The number of pyridine rings is 1. The number of halogens is 2. The molecule has 1 aliphatic rings. The first-order chi connectivity index (χ1) is 10.1. The Kier molecular flexibility index (Phi) is 5.00. The molecule has 8 heteroatoms. The topological polar surface area (TPSA) is 75.5 Å². The maximum absolute atomic E-state index is 12.3. The summed E-state index contributed by atoms with van der Waals surface area (Å²) in [6.07, 6.45) is -1.32. The van der Waals surface area contributed by atoms with E-state index in [1.165, 1.54) is 23.2 Å². The summed E-state index contributed by atoms with van der Waals surface area (Å²) in [5.41, 5.74) is 0.233. The number of ether oxygens (including phenoxy) is 2. The zero-order chi connectivity index (χ0) is 15.2. The van der Waals surface area contributed by atoms with Gasteiger partial charge in [0.2, 0.25) is 5.88 Å². The van der Waals surface area contributed by atoms with Crippen molar-refractivity contribution < 1.29 is 23.0 Å². The van der Waals surface area contributed by atoms with Crippen molar-refractivity contribution in [3.8, 4) is 11.9 Å². The van der Waals surface area contributed by atoms with Crippen LogP contribution in [0.25, 0.3) is 0 Å². The number of nitriles is 1. The van der Waals surface area contributed by atoms with Crippen LogP contribution >= 0.6 is 0 Å². The number of aromatic nitrogens is 1. The molecule has 0 aromatic carbocycles. The molecule has 0 radical (unpaired) electrons. The van der Waals surface area contributed by atoms with E-state index in [1.54, 1.807) is 0 Å². The van der Waals surface area contributed by atoms with Gasteiger partial charge in [-0.2, -0.15) is 5.26 Å². The number of alkyl halides is 2. The Hall–Kier alpha value is -2.27. The van der Waals surface area contributed by atoms with Crippen molar-refractivity contribution in [2.45, 2.75) is 12.5 Å². The minimum atomic E-state index is -2.62. The molecular weight excluding hydrogens is 284 g/mol. The Bertz CT molecular complexity index is 548. The van der Waals surface area contributed by atoms with Crippen molar-refractivity contribution in [2.24, 2.45) is 0 Å². The smallest absolute Gasteiger partial charge is 0.272 e. The minimum absolute atomic E-state index is 0.0529. The van der Waals surface area contributed by atoms with Gasteiger partial charge in [0.05, 0.1) is 19.3 Å². The quantitative estimate of drug-likeness (QED) is 0.831. The van der Waals surface area contributed by atoms with Gasteiger partial charge in [-0.1, -0.05) is 0 Å². The van der Waals surface area contributed by atoms with Crippen LogP contribution in [0.15, 0.2) is 18.3 Å². The molecule has 2 heterocycles. The van der Waals surface area contributed by atoms with Crippen molar-refractivity contribution in [2.75, 3.05) is 26.4 Å². The lowest BCUT2D eigenvalue weighted by molar-refractivity contribution is 0.0132. The van der Waals surface area contributed by atoms with Gasteiger partial charge in [-0.25, -0.2) is 13.8 Å². The monoisotopic (exact) mass is 297 g/mol. The van der Waals surface area contributed by atoms with E-state index in [9.17, 15) is 13.6 Å². The Morgan fingerprint density at radius 3 is 3.19 bits per heavy atom. The second-order valence-corrected chi connectivity index (χ2v) is 4.30. The zero-order valence-corrected chi connectivity index (χ0v) is 11.0. The van der Waals surface area contributed by atoms with Gasteiger partial charge >= 0.3 is 0 Å². The third kappa shape index (κ3) is 3.86. The Morgan fingerprint density at radius 2 is 2.48 bits per heavy atom. The van der Waals surface area contributed by atoms with Crippen LogP contribution in [0.1, 0.15) is 10.4 Å². The highest BCUT2D eigenvalue weighted by molar-refractivity contribution is 5.94. The van der Waals surface area contributed by atoms with Gasteiger partial charge in [-0.15, -0.1) is 0 Å². The van der Waals surface area contributed by atoms with Gasteiger partial charge in [0, 0.05) is 24.4 Å². The maximum Gasteiger partial charge on any atom is 0.272 e. The van der Waals surface area contributed by atoms with Crippen LogP contribution in [-0.2, 0) is 4.74 Å². The van der Waals surface area contributed by atoms with Crippen molar-refractivity contribution in [3.05, 3.63) is 23.9 Å². The number of amides is 1. The Balaban J connectivity index is 2.11. The van der Waals surface area contributed by atoms with E-state index in [1.807, 2.05) is 6.07 Å². The largest absolute Gasteiger partial charge is 0.472 e. The van der Waals surface area contributed by atoms with Crippen LogP contribution in [0, 0.1) is 11.3 Å². The molecule has 1 aliphatic heterocycles. The molecule has 6 nitrogen and oxygen atoms in total. The molecule has 1 amide bonds. The summed E-state index contributed by atoms with van der Waals surface area (Å²) in [7, 11) is 0. The normalized spacial score (nSPS) is 18.4. The first-order valence-corrected chi connectivity index (χ1v) is 6.27. The van der Waals surface area contributed by atoms with E-state index in [2.05, 4.69) is 4.98 Å². The summed E-state index contributed by atoms with van der Waals surface area (Å²) >= 11 is 0. The average molecular weight is 297 g/mol. The number of rotatable bonds is 4. The van der Waals surface area contributed by atoms with Gasteiger partial charge in [0.25, 0.3) is 12.3 Å². The second kappa shape index (κ2) is 6.95. The lowest BCUT2D eigenvalue weighted by Gasteiger charge is -2.31. The summed E-state index contributed by atoms with van der Waals surface area (Å²) < 4.78 is 34.1. The minimum Gasteiger partial charge on any atom is -0.472 e. The van der Waals surface area contributed by atoms with Crippen LogP contribution in [0.2, 0.25) is 0 Å². The molecule has 0 N–H and O–H groups in total. The molecule has 1 atom stereocenters. The van der Waals surface area contributed by atoms with E-state index < -0.39 is 19.1 Å². The van der Waals surface area contributed by atoms with Crippen molar-refractivity contribution in [1.82, 2.24) is 9.88 Å². The predicted molar refractivity (Wildman–Crippen MR) is 67.0 cm³/mol. The van der Waals surface area contributed by atoms with Crippen LogP contribution < -0.4 is 4.74 Å². The molecule has 0 saturated carbocycles. The van der Waals surface area contributed by atoms with Gasteiger partial charge < -0.3 is 14.4 Å². The van der Waals surface area contributed by atoms with Gasteiger partial charge in [-0.05, 0) is 6.07 Å². The number of carbonyl (C=O) groups excluding carboxylic acids is 1. The molecule has 21 heavy (non-hydrogen) atoms. The van der Waals surface area contributed by atoms with E-state index in [-0.39, 0.29) is 24.0 Å². The van der Waals surface area contributed by atoms with Gasteiger partial charge in [0.1, 0.15) is 6.04 Å². The molecule has 1 aromatic rings. The average Bonchev–Trinajstić information content (AvgIpc) is 2.52. The molecular formula is C13H13F2N3O3. The van der Waals surface area contributed by atoms with Crippen LogP contribution in [-0.4, -0.2) is 54.6 Å². The summed E-state index contributed by atoms with van der Waals surface area (Å²) in [4.78, 5) is 17.5. The van der Waals surface area contributed by atoms with E-state index in [0.717, 1.165) is 0 Å². The van der Waals surface area contributed by atoms with E-state index in [4.69, 9.17) is 14.7 Å². The number of nitrogens with zero attached hydrogens (tertiary/aromatic N) is 3. The number of morpholine rings is 1. The molecule has 1 saturated heterocycles. The third-order valence-corrected chi connectivity index (χ3v) is 2.88.